The van der Waals surface area contributed by atoms with E-state index >= 15 is 0 Å². The van der Waals surface area contributed by atoms with Gasteiger partial charge in [-0.05, 0) is 164 Å². The average Bonchev–Trinajstić information content (AvgIpc) is 1.62. The van der Waals surface area contributed by atoms with Crippen molar-refractivity contribution < 1.29 is 24.4 Å². The SMILES string of the molecule is [2H]c1c([2H])c([2H])c(-c2cccc3c2-c2cccc(-c4c(C([2H])([2H])[2H])cccc4C([2H])([2H])[2H])c2-[n+]2[c-]n(-c4cccc(Oc5ccc6c7ccccc7n(-c7cc(C(C)(C)C)ccn7)c6c5)c4)c4cc(-n5c6ccccc6c6ccccc65)cc(c42)-c2ccccc2-3)c([2H])c1[2H]. The molecule has 5 heterocycles. The van der Waals surface area contributed by atoms with Crippen molar-refractivity contribution in [2.24, 2.45) is 0 Å². The highest BCUT2D eigenvalue weighted by molar-refractivity contribution is 6.12. The van der Waals surface area contributed by atoms with Crippen LogP contribution in [0, 0.1) is 20.0 Å². The van der Waals surface area contributed by atoms with Gasteiger partial charge in [0.05, 0.1) is 51.3 Å². The molecule has 11 aromatic carbocycles. The Balaban J connectivity index is 1.02. The Morgan fingerprint density at radius 1 is 0.464 bits per heavy atom. The number of nitrogens with zero attached hydrogens (tertiary/aromatic N) is 5. The average molecular weight is 1090 g/mol. The van der Waals surface area contributed by atoms with E-state index in [-0.39, 0.29) is 33.2 Å². The maximum Gasteiger partial charge on any atom is 0.269 e. The fourth-order valence-electron chi connectivity index (χ4n) is 12.8. The van der Waals surface area contributed by atoms with Gasteiger partial charge >= 0.3 is 0 Å². The Hall–Kier alpha value is -10.6. The fraction of sp³-hybridized carbons (Fsp3) is 0.0769. The maximum atomic E-state index is 9.52. The van der Waals surface area contributed by atoms with E-state index in [9.17, 15) is 2.74 Å². The first-order valence-corrected chi connectivity index (χ1v) is 28.0. The Morgan fingerprint density at radius 2 is 1.05 bits per heavy atom. The van der Waals surface area contributed by atoms with E-state index in [4.69, 9.17) is 22.1 Å². The summed E-state index contributed by atoms with van der Waals surface area (Å²) in [6, 6.07) is 67.8. The van der Waals surface area contributed by atoms with Crippen LogP contribution in [0.2, 0.25) is 0 Å². The van der Waals surface area contributed by atoms with Gasteiger partial charge in [0.2, 0.25) is 0 Å². The zero-order valence-corrected chi connectivity index (χ0v) is 46.0. The lowest BCUT2D eigenvalue weighted by molar-refractivity contribution is -0.570. The molecule has 0 saturated heterocycles. The largest absolute Gasteiger partial charge is 0.458 e. The van der Waals surface area contributed by atoms with E-state index < -0.39 is 43.9 Å². The Bertz CT molecular complexity index is 5640. The molecule has 15 aromatic rings. The minimum Gasteiger partial charge on any atom is -0.458 e. The van der Waals surface area contributed by atoms with E-state index in [1.54, 1.807) is 18.2 Å². The molecule has 0 fully saturated rings. The lowest BCUT2D eigenvalue weighted by atomic mass is 9.83. The fourth-order valence-corrected chi connectivity index (χ4v) is 12.8. The van der Waals surface area contributed by atoms with Crippen LogP contribution in [0.1, 0.15) is 52.5 Å². The molecule has 0 atom stereocenters. The third-order valence-electron chi connectivity index (χ3n) is 16.6. The van der Waals surface area contributed by atoms with E-state index in [0.29, 0.717) is 61.7 Å². The number of para-hydroxylation sites is 4. The molecule has 0 spiro atoms. The number of fused-ring (bicyclic) bond motifs is 13. The first kappa shape index (κ1) is 39.0. The smallest absolute Gasteiger partial charge is 0.269 e. The lowest BCUT2D eigenvalue weighted by Gasteiger charge is -2.22. The standard InChI is InChI=1S/C78H57N5O/c1-49-21-17-22-50(2)74(49)65-34-20-35-66-75-57(51-23-7-6-8-24-51)32-19-33-64(75)58-27-9-10-28-59(58)67-45-54(82-68-36-14-11-29-60(68)61-30-12-15-37-69(61)82)46-72-77(67)81(76(65)66)48-80(72)53-25-18-26-55(44-53)84-56-39-40-63-62-31-13-16-38-70(62)83(71(63)47-56)73-43-52(41-42-79-73)78(3,4)5/h6-47H,1-5H3/i1D3,2D3,6D,7D,8D,23D,24D. The number of aromatic nitrogens is 5. The van der Waals surface area contributed by atoms with Gasteiger partial charge in [0.25, 0.3) is 6.33 Å². The molecule has 16 rings (SSSR count). The number of benzene rings is 11. The van der Waals surface area contributed by atoms with Gasteiger partial charge in [-0.15, -0.1) is 0 Å². The van der Waals surface area contributed by atoms with Crippen molar-refractivity contribution in [2.45, 2.75) is 39.9 Å². The second-order valence-corrected chi connectivity index (χ2v) is 22.5. The predicted octanol–water partition coefficient (Wildman–Crippen LogP) is 19.7. The van der Waals surface area contributed by atoms with Crippen LogP contribution in [0.3, 0.4) is 0 Å². The van der Waals surface area contributed by atoms with E-state index in [1.165, 1.54) is 18.2 Å². The van der Waals surface area contributed by atoms with Crippen molar-refractivity contribution in [1.29, 1.82) is 0 Å². The molecular formula is C78H57N5O. The lowest BCUT2D eigenvalue weighted by Crippen LogP contribution is -2.32. The van der Waals surface area contributed by atoms with Gasteiger partial charge in [0.1, 0.15) is 17.3 Å². The normalized spacial score (nSPS) is 14.3. The summed E-state index contributed by atoms with van der Waals surface area (Å²) in [5, 5.41) is 4.19. The second-order valence-electron chi connectivity index (χ2n) is 22.5. The molecule has 6 heteroatoms. The van der Waals surface area contributed by atoms with Crippen LogP contribution in [0.4, 0.5) is 0 Å². The first-order valence-electron chi connectivity index (χ1n) is 33.5. The highest BCUT2D eigenvalue weighted by Gasteiger charge is 2.30. The van der Waals surface area contributed by atoms with Crippen LogP contribution in [0.25, 0.3) is 133 Å². The molecule has 0 bridgehead atoms. The summed E-state index contributed by atoms with van der Waals surface area (Å²) in [6.07, 6.45) is 5.69. The van der Waals surface area contributed by atoms with Crippen LogP contribution >= 0.6 is 0 Å². The number of rotatable bonds is 7. The number of imidazole rings is 1. The van der Waals surface area contributed by atoms with Crippen LogP contribution < -0.4 is 9.30 Å². The van der Waals surface area contributed by atoms with Crippen LogP contribution in [0.15, 0.2) is 255 Å². The van der Waals surface area contributed by atoms with Gasteiger partial charge in [-0.2, -0.15) is 0 Å². The zero-order valence-electron chi connectivity index (χ0n) is 57.0. The second kappa shape index (κ2) is 19.0. The third kappa shape index (κ3) is 7.71. The zero-order chi connectivity index (χ0) is 65.7. The summed E-state index contributed by atoms with van der Waals surface area (Å²) >= 11 is 0. The molecule has 4 aromatic heterocycles. The Labute approximate surface area is 503 Å². The molecule has 1 aliphatic rings. The third-order valence-corrected chi connectivity index (χ3v) is 16.6. The van der Waals surface area contributed by atoms with Gasteiger partial charge in [0.15, 0.2) is 0 Å². The molecule has 0 N–H and O–H groups in total. The highest BCUT2D eigenvalue weighted by atomic mass is 16.5. The number of hydrogen-bond acceptors (Lipinski definition) is 2. The highest BCUT2D eigenvalue weighted by Crippen LogP contribution is 2.50. The van der Waals surface area contributed by atoms with Gasteiger partial charge in [0, 0.05) is 47.7 Å². The molecule has 84 heavy (non-hydrogen) atoms. The number of hydrogen-bond donors (Lipinski definition) is 0. The monoisotopic (exact) mass is 1090 g/mol. The summed E-state index contributed by atoms with van der Waals surface area (Å²) in [4.78, 5) is 4.92. The van der Waals surface area contributed by atoms with Crippen LogP contribution in [-0.4, -0.2) is 18.7 Å². The van der Waals surface area contributed by atoms with Crippen molar-refractivity contribution in [1.82, 2.24) is 18.7 Å². The molecule has 1 aliphatic heterocycles. The van der Waals surface area contributed by atoms with Crippen molar-refractivity contribution in [3.8, 4) is 90.0 Å². The van der Waals surface area contributed by atoms with Crippen molar-refractivity contribution in [3.05, 3.63) is 278 Å². The molecule has 0 aliphatic carbocycles. The molecule has 0 unspecified atom stereocenters. The Morgan fingerprint density at radius 3 is 1.75 bits per heavy atom. The van der Waals surface area contributed by atoms with Crippen LogP contribution in [-0.2, 0) is 5.41 Å². The molecule has 0 saturated carbocycles. The summed E-state index contributed by atoms with van der Waals surface area (Å²) in [5.74, 6) is 1.85. The summed E-state index contributed by atoms with van der Waals surface area (Å²) < 4.78 is 116. The van der Waals surface area contributed by atoms with Gasteiger partial charge in [-0.1, -0.05) is 191 Å². The van der Waals surface area contributed by atoms with E-state index in [1.807, 2.05) is 131 Å². The number of pyridine rings is 1. The van der Waals surface area contributed by atoms with Gasteiger partial charge < -0.3 is 9.30 Å². The maximum absolute atomic E-state index is 9.52. The molecule has 0 amide bonds. The van der Waals surface area contributed by atoms with Crippen molar-refractivity contribution in [3.63, 3.8) is 0 Å². The predicted molar refractivity (Wildman–Crippen MR) is 346 cm³/mol. The van der Waals surface area contributed by atoms with Gasteiger partial charge in [-0.3, -0.25) is 13.7 Å². The topological polar surface area (TPSA) is 40.8 Å². The van der Waals surface area contributed by atoms with E-state index in [0.717, 1.165) is 71.8 Å². The first-order chi connectivity index (χ1) is 45.6. The molecule has 0 radical (unpaired) electrons. The molecule has 6 nitrogen and oxygen atoms in total. The van der Waals surface area contributed by atoms with Crippen LogP contribution in [0.5, 0.6) is 11.5 Å². The summed E-state index contributed by atoms with van der Waals surface area (Å²) in [7, 11) is 0. The minimum absolute atomic E-state index is 0.0303. The summed E-state index contributed by atoms with van der Waals surface area (Å²) in [6.45, 7) is 0.908. The molecule has 400 valence electrons. The van der Waals surface area contributed by atoms with Crippen molar-refractivity contribution in [2.75, 3.05) is 0 Å². The molecular weight excluding hydrogens is 1020 g/mol. The quantitative estimate of drug-likeness (QED) is 0.118. The van der Waals surface area contributed by atoms with E-state index in [2.05, 4.69) is 103 Å². The Kier molecular flexibility index (Phi) is 8.82. The minimum atomic E-state index is -2.83. The number of ether oxygens (including phenoxy) is 1. The van der Waals surface area contributed by atoms with Gasteiger partial charge in [-0.25, -0.2) is 4.98 Å². The number of aryl methyl sites for hydroxylation is 2. The summed E-state index contributed by atoms with van der Waals surface area (Å²) in [5.41, 5.74) is 11.5. The van der Waals surface area contributed by atoms with Crippen molar-refractivity contribution >= 4 is 54.6 Å².